The first-order valence-electron chi connectivity index (χ1n) is 5.83. The number of hydrogen-bond donors (Lipinski definition) is 1. The lowest BCUT2D eigenvalue weighted by atomic mass is 9.93. The topological polar surface area (TPSA) is 38.3 Å². The fourth-order valence-electron chi connectivity index (χ4n) is 1.66. The molecule has 0 spiro atoms. The first kappa shape index (κ1) is 12.5. The van der Waals surface area contributed by atoms with Crippen LogP contribution in [-0.4, -0.2) is 26.2 Å². The van der Waals surface area contributed by atoms with Crippen molar-refractivity contribution in [3.63, 3.8) is 0 Å². The van der Waals surface area contributed by atoms with Crippen molar-refractivity contribution < 1.29 is 9.53 Å². The summed E-state index contributed by atoms with van der Waals surface area (Å²) in [4.78, 5) is 11.7. The van der Waals surface area contributed by atoms with Gasteiger partial charge in [0.1, 0.15) is 0 Å². The standard InChI is InChI=1S/C12H23NO2/c1-12(2,9-15-3)11(14)13-8-4-5-10-6-7-10/h10H,4-9H2,1-3H3,(H,13,14). The minimum absolute atomic E-state index is 0.0974. The van der Waals surface area contributed by atoms with Crippen LogP contribution in [0.2, 0.25) is 0 Å². The first-order chi connectivity index (χ1) is 7.06. The zero-order valence-electron chi connectivity index (χ0n) is 10.1. The average molecular weight is 213 g/mol. The maximum Gasteiger partial charge on any atom is 0.227 e. The normalized spacial score (nSPS) is 16.5. The molecule has 1 saturated carbocycles. The van der Waals surface area contributed by atoms with Crippen LogP contribution in [0.4, 0.5) is 0 Å². The van der Waals surface area contributed by atoms with Crippen LogP contribution < -0.4 is 5.32 Å². The van der Waals surface area contributed by atoms with Crippen LogP contribution in [0, 0.1) is 11.3 Å². The maximum atomic E-state index is 11.7. The number of carbonyl (C=O) groups excluding carboxylic acids is 1. The summed E-state index contributed by atoms with van der Waals surface area (Å²) in [5.74, 6) is 1.05. The van der Waals surface area contributed by atoms with Crippen molar-refractivity contribution in [3.05, 3.63) is 0 Å². The maximum absolute atomic E-state index is 11.7. The molecule has 0 radical (unpaired) electrons. The Balaban J connectivity index is 2.10. The third-order valence-electron chi connectivity index (χ3n) is 2.89. The molecule has 0 aromatic heterocycles. The number of ether oxygens (including phenoxy) is 1. The highest BCUT2D eigenvalue weighted by Crippen LogP contribution is 2.33. The second kappa shape index (κ2) is 5.50. The molecule has 3 heteroatoms. The van der Waals surface area contributed by atoms with Gasteiger partial charge in [-0.2, -0.15) is 0 Å². The van der Waals surface area contributed by atoms with Gasteiger partial charge < -0.3 is 10.1 Å². The molecule has 0 aromatic rings. The fraction of sp³-hybridized carbons (Fsp3) is 0.917. The Hall–Kier alpha value is -0.570. The molecule has 0 unspecified atom stereocenters. The Kier molecular flexibility index (Phi) is 4.58. The minimum atomic E-state index is -0.408. The second-order valence-electron chi connectivity index (χ2n) is 5.16. The van der Waals surface area contributed by atoms with Crippen LogP contribution in [-0.2, 0) is 9.53 Å². The van der Waals surface area contributed by atoms with Gasteiger partial charge in [-0.05, 0) is 32.6 Å². The second-order valence-corrected chi connectivity index (χ2v) is 5.16. The molecule has 1 N–H and O–H groups in total. The highest BCUT2D eigenvalue weighted by molar-refractivity contribution is 5.81. The largest absolute Gasteiger partial charge is 0.384 e. The van der Waals surface area contributed by atoms with Crippen LogP contribution in [0.15, 0.2) is 0 Å². The van der Waals surface area contributed by atoms with Gasteiger partial charge in [-0.1, -0.05) is 12.8 Å². The lowest BCUT2D eigenvalue weighted by molar-refractivity contribution is -0.131. The Morgan fingerprint density at radius 2 is 2.13 bits per heavy atom. The van der Waals surface area contributed by atoms with Gasteiger partial charge in [0.15, 0.2) is 0 Å². The highest BCUT2D eigenvalue weighted by Gasteiger charge is 2.27. The fourth-order valence-corrected chi connectivity index (χ4v) is 1.66. The number of methoxy groups -OCH3 is 1. The van der Waals surface area contributed by atoms with Crippen molar-refractivity contribution in [2.75, 3.05) is 20.3 Å². The molecule has 1 amide bonds. The molecule has 3 nitrogen and oxygen atoms in total. The third-order valence-corrected chi connectivity index (χ3v) is 2.89. The number of hydrogen-bond acceptors (Lipinski definition) is 2. The van der Waals surface area contributed by atoms with Gasteiger partial charge in [0.2, 0.25) is 5.91 Å². The van der Waals surface area contributed by atoms with Crippen LogP contribution >= 0.6 is 0 Å². The van der Waals surface area contributed by atoms with Gasteiger partial charge in [-0.15, -0.1) is 0 Å². The van der Waals surface area contributed by atoms with E-state index in [1.807, 2.05) is 13.8 Å². The molecule has 1 aliphatic carbocycles. The van der Waals surface area contributed by atoms with Gasteiger partial charge in [0.25, 0.3) is 0 Å². The monoisotopic (exact) mass is 213 g/mol. The van der Waals surface area contributed by atoms with Crippen molar-refractivity contribution in [1.82, 2.24) is 5.32 Å². The van der Waals surface area contributed by atoms with Gasteiger partial charge in [-0.3, -0.25) is 4.79 Å². The van der Waals surface area contributed by atoms with Crippen molar-refractivity contribution in [1.29, 1.82) is 0 Å². The van der Waals surface area contributed by atoms with Gasteiger partial charge >= 0.3 is 0 Å². The first-order valence-corrected chi connectivity index (χ1v) is 5.83. The molecule has 0 aliphatic heterocycles. The molecule has 1 aliphatic rings. The van der Waals surface area contributed by atoms with Crippen LogP contribution in [0.1, 0.15) is 39.5 Å². The van der Waals surface area contributed by atoms with Gasteiger partial charge in [0, 0.05) is 13.7 Å². The molecule has 0 bridgehead atoms. The molecular formula is C12H23NO2. The Morgan fingerprint density at radius 3 is 2.67 bits per heavy atom. The molecule has 88 valence electrons. The van der Waals surface area contributed by atoms with E-state index in [9.17, 15) is 4.79 Å². The van der Waals surface area contributed by atoms with Gasteiger partial charge in [0.05, 0.1) is 12.0 Å². The quantitative estimate of drug-likeness (QED) is 0.657. The van der Waals surface area contributed by atoms with E-state index in [0.717, 1.165) is 18.9 Å². The molecule has 1 rings (SSSR count). The van der Waals surface area contributed by atoms with E-state index >= 15 is 0 Å². The Bertz CT molecular complexity index is 210. The summed E-state index contributed by atoms with van der Waals surface area (Å²) in [6.45, 7) is 5.10. The van der Waals surface area contributed by atoms with Crippen LogP contribution in [0.5, 0.6) is 0 Å². The van der Waals surface area contributed by atoms with Crippen molar-refractivity contribution >= 4 is 5.91 Å². The van der Waals surface area contributed by atoms with E-state index in [2.05, 4.69) is 5.32 Å². The summed E-state index contributed by atoms with van der Waals surface area (Å²) in [6, 6.07) is 0. The summed E-state index contributed by atoms with van der Waals surface area (Å²) >= 11 is 0. The molecular weight excluding hydrogens is 190 g/mol. The summed E-state index contributed by atoms with van der Waals surface area (Å²) in [5.41, 5.74) is -0.408. The minimum Gasteiger partial charge on any atom is -0.384 e. The molecule has 15 heavy (non-hydrogen) atoms. The van der Waals surface area contributed by atoms with E-state index in [1.165, 1.54) is 19.3 Å². The van der Waals surface area contributed by atoms with E-state index in [4.69, 9.17) is 4.74 Å². The summed E-state index contributed by atoms with van der Waals surface area (Å²) in [6.07, 6.45) is 5.16. The van der Waals surface area contributed by atoms with E-state index in [0.29, 0.717) is 6.61 Å². The highest BCUT2D eigenvalue weighted by atomic mass is 16.5. The van der Waals surface area contributed by atoms with Gasteiger partial charge in [-0.25, -0.2) is 0 Å². The molecule has 0 aromatic carbocycles. The lowest BCUT2D eigenvalue weighted by Gasteiger charge is -2.22. The van der Waals surface area contributed by atoms with Crippen molar-refractivity contribution in [3.8, 4) is 0 Å². The van der Waals surface area contributed by atoms with E-state index in [-0.39, 0.29) is 5.91 Å². The predicted octanol–water partition coefficient (Wildman–Crippen LogP) is 1.97. The number of rotatable bonds is 7. The van der Waals surface area contributed by atoms with Crippen molar-refractivity contribution in [2.24, 2.45) is 11.3 Å². The molecule has 0 heterocycles. The lowest BCUT2D eigenvalue weighted by Crippen LogP contribution is -2.40. The number of amides is 1. The number of nitrogens with one attached hydrogen (secondary N) is 1. The Morgan fingerprint density at radius 1 is 1.47 bits per heavy atom. The number of carbonyl (C=O) groups is 1. The zero-order valence-corrected chi connectivity index (χ0v) is 10.1. The summed E-state index contributed by atoms with van der Waals surface area (Å²) < 4.78 is 5.02. The van der Waals surface area contributed by atoms with Crippen LogP contribution in [0.25, 0.3) is 0 Å². The van der Waals surface area contributed by atoms with Crippen LogP contribution in [0.3, 0.4) is 0 Å². The summed E-state index contributed by atoms with van der Waals surface area (Å²) in [5, 5.41) is 2.97. The predicted molar refractivity (Wildman–Crippen MR) is 60.6 cm³/mol. The molecule has 1 fully saturated rings. The average Bonchev–Trinajstić information content (AvgIpc) is 2.95. The SMILES string of the molecule is COCC(C)(C)C(=O)NCCCC1CC1. The Labute approximate surface area is 92.6 Å². The van der Waals surface area contributed by atoms with E-state index < -0.39 is 5.41 Å². The van der Waals surface area contributed by atoms with E-state index in [1.54, 1.807) is 7.11 Å². The third kappa shape index (κ3) is 4.65. The summed E-state index contributed by atoms with van der Waals surface area (Å²) in [7, 11) is 1.63. The molecule has 0 saturated heterocycles. The smallest absolute Gasteiger partial charge is 0.227 e. The zero-order chi connectivity index (χ0) is 11.3. The van der Waals surface area contributed by atoms with Crippen molar-refractivity contribution in [2.45, 2.75) is 39.5 Å². The molecule has 0 atom stereocenters.